The number of hydrogen-bond donors (Lipinski definition) is 5. The van der Waals surface area contributed by atoms with Crippen LogP contribution in [0.25, 0.3) is 0 Å². The number of rotatable bonds is 6. The van der Waals surface area contributed by atoms with Gasteiger partial charge in [0.1, 0.15) is 0 Å². The summed E-state index contributed by atoms with van der Waals surface area (Å²) in [7, 11) is 0. The lowest BCUT2D eigenvalue weighted by atomic mass is 10.4. The summed E-state index contributed by atoms with van der Waals surface area (Å²) in [6.45, 7) is 4.28. The van der Waals surface area contributed by atoms with E-state index in [2.05, 4.69) is 61.9 Å². The molecule has 0 fully saturated rings. The second-order valence-electron chi connectivity index (χ2n) is 5.13. The third-order valence-corrected chi connectivity index (χ3v) is 4.40. The summed E-state index contributed by atoms with van der Waals surface area (Å²) >= 11 is 9.27. The molecule has 2 heterocycles. The Kier molecular flexibility index (Phi) is 14.6. The number of halogens is 1. The first-order valence-corrected chi connectivity index (χ1v) is 10.9. The second-order valence-corrected chi connectivity index (χ2v) is 7.41. The van der Waals surface area contributed by atoms with Crippen molar-refractivity contribution in [2.24, 2.45) is 0 Å². The minimum atomic E-state index is -0.406. The number of nitrogens with one attached hydrogen (secondary N) is 3. The molecule has 5 N–H and O–H groups in total. The molecule has 11 heteroatoms. The summed E-state index contributed by atoms with van der Waals surface area (Å²) in [6, 6.07) is 2.07. The molecule has 0 saturated heterocycles. The molecule has 0 aliphatic rings. The van der Waals surface area contributed by atoms with Crippen molar-refractivity contribution in [2.75, 3.05) is 11.1 Å². The Labute approximate surface area is 175 Å². The maximum atomic E-state index is 10.9. The Morgan fingerprint density at radius 3 is 2.15 bits per heavy atom. The van der Waals surface area contributed by atoms with Gasteiger partial charge in [0.05, 0.1) is 12.1 Å². The summed E-state index contributed by atoms with van der Waals surface area (Å²) in [5.41, 5.74) is -0.720. The van der Waals surface area contributed by atoms with Gasteiger partial charge >= 0.3 is 0 Å². The van der Waals surface area contributed by atoms with Gasteiger partial charge in [-0.25, -0.2) is 0 Å². The first-order chi connectivity index (χ1) is 12.8. The van der Waals surface area contributed by atoms with Crippen molar-refractivity contribution in [3.63, 3.8) is 0 Å². The molecular formula is C16H25BrN4O4S2. The molecule has 0 aliphatic heterocycles. The Morgan fingerprint density at radius 1 is 1.07 bits per heavy atom. The molecule has 0 aliphatic carbocycles. The molecule has 2 aromatic heterocycles. The maximum absolute atomic E-state index is 10.9. The SMILES string of the molecule is CCCCBr.CCCCSc1nc(O)cc(=O)[nH]1.O=c1cc(O)[nH]c(=S)[nH]1. The molecule has 8 nitrogen and oxygen atoms in total. The third-order valence-electron chi connectivity index (χ3n) is 2.68. The van der Waals surface area contributed by atoms with E-state index in [1.807, 2.05) is 0 Å². The quantitative estimate of drug-likeness (QED) is 0.140. The van der Waals surface area contributed by atoms with Crippen molar-refractivity contribution in [3.8, 4) is 11.8 Å². The topological polar surface area (TPSA) is 135 Å². The minimum Gasteiger partial charge on any atom is -0.494 e. The van der Waals surface area contributed by atoms with Crippen molar-refractivity contribution >= 4 is 39.9 Å². The van der Waals surface area contributed by atoms with Gasteiger partial charge in [-0.3, -0.25) is 14.6 Å². The van der Waals surface area contributed by atoms with Crippen LogP contribution in [0.1, 0.15) is 39.5 Å². The number of aromatic amines is 3. The van der Waals surface area contributed by atoms with E-state index in [9.17, 15) is 9.59 Å². The lowest BCUT2D eigenvalue weighted by molar-refractivity contribution is 0.444. The molecule has 0 saturated carbocycles. The van der Waals surface area contributed by atoms with E-state index in [-0.39, 0.29) is 22.1 Å². The van der Waals surface area contributed by atoms with Gasteiger partial charge in [-0.2, -0.15) is 4.98 Å². The summed E-state index contributed by atoms with van der Waals surface area (Å²) in [5.74, 6) is 0.467. The van der Waals surface area contributed by atoms with Crippen molar-refractivity contribution in [3.05, 3.63) is 37.6 Å². The molecule has 0 spiro atoms. The van der Waals surface area contributed by atoms with Gasteiger partial charge in [0, 0.05) is 11.1 Å². The fourth-order valence-electron chi connectivity index (χ4n) is 1.39. The van der Waals surface area contributed by atoms with Gasteiger partial charge in [-0.05, 0) is 25.1 Å². The van der Waals surface area contributed by atoms with Gasteiger partial charge < -0.3 is 20.2 Å². The van der Waals surface area contributed by atoms with Gasteiger partial charge in [-0.15, -0.1) is 0 Å². The number of nitrogens with zero attached hydrogens (tertiary/aromatic N) is 1. The standard InChI is InChI=1S/C8H12N2O2S.C4H9Br.C4H4N2O2S/c1-2-3-4-13-8-9-6(11)5-7(12)10-8;1-2-3-4-5;7-2-1-3(8)6-4(9)5-2/h5H,2-4H2,1H3,(H2,9,10,11,12);2-4H2,1H3;1H,(H3,5,6,7,8,9). The fourth-order valence-corrected chi connectivity index (χ4v) is 3.12. The molecule has 0 unspecified atom stereocenters. The lowest BCUT2D eigenvalue weighted by Crippen LogP contribution is -2.06. The van der Waals surface area contributed by atoms with Crippen LogP contribution in [-0.2, 0) is 0 Å². The largest absolute Gasteiger partial charge is 0.494 e. The van der Waals surface area contributed by atoms with Crippen molar-refractivity contribution in [1.29, 1.82) is 0 Å². The Balaban J connectivity index is 0.000000419. The van der Waals surface area contributed by atoms with E-state index in [0.717, 1.165) is 36.1 Å². The van der Waals surface area contributed by atoms with Crippen LogP contribution in [0.15, 0.2) is 26.9 Å². The molecular weight excluding hydrogens is 456 g/mol. The monoisotopic (exact) mass is 480 g/mol. The predicted octanol–water partition coefficient (Wildman–Crippen LogP) is 3.69. The highest BCUT2D eigenvalue weighted by molar-refractivity contribution is 9.09. The average Bonchev–Trinajstić information content (AvgIpc) is 2.55. The highest BCUT2D eigenvalue weighted by Gasteiger charge is 1.99. The average molecular weight is 481 g/mol. The Bertz CT molecular complexity index is 793. The third kappa shape index (κ3) is 14.2. The van der Waals surface area contributed by atoms with Gasteiger partial charge in [-0.1, -0.05) is 54.4 Å². The van der Waals surface area contributed by atoms with E-state index >= 15 is 0 Å². The van der Waals surface area contributed by atoms with Crippen LogP contribution in [0.5, 0.6) is 11.8 Å². The van der Waals surface area contributed by atoms with Crippen LogP contribution >= 0.6 is 39.9 Å². The van der Waals surface area contributed by atoms with Crippen LogP contribution in [0, 0.1) is 4.77 Å². The number of H-pyrrole nitrogens is 3. The van der Waals surface area contributed by atoms with Crippen LogP contribution in [-0.4, -0.2) is 41.2 Å². The molecule has 0 amide bonds. The van der Waals surface area contributed by atoms with Crippen LogP contribution in [0.4, 0.5) is 0 Å². The predicted molar refractivity (Wildman–Crippen MR) is 115 cm³/mol. The van der Waals surface area contributed by atoms with Crippen molar-refractivity contribution in [1.82, 2.24) is 19.9 Å². The molecule has 27 heavy (non-hydrogen) atoms. The molecule has 2 rings (SSSR count). The normalized spacial score (nSPS) is 9.59. The number of hydrogen-bond acceptors (Lipinski definition) is 7. The summed E-state index contributed by atoms with van der Waals surface area (Å²) in [4.78, 5) is 32.2. The Hall–Kier alpha value is -1.59. The minimum absolute atomic E-state index is 0.125. The summed E-state index contributed by atoms with van der Waals surface area (Å²) in [5, 5.41) is 19.3. The summed E-state index contributed by atoms with van der Waals surface area (Å²) < 4.78 is 0.125. The van der Waals surface area contributed by atoms with Crippen molar-refractivity contribution in [2.45, 2.75) is 44.7 Å². The second kappa shape index (κ2) is 15.5. The highest BCUT2D eigenvalue weighted by Crippen LogP contribution is 2.14. The van der Waals surface area contributed by atoms with E-state index < -0.39 is 5.56 Å². The smallest absolute Gasteiger partial charge is 0.255 e. The lowest BCUT2D eigenvalue weighted by Gasteiger charge is -1.98. The first-order valence-electron chi connectivity index (χ1n) is 8.34. The fraction of sp³-hybridized carbons (Fsp3) is 0.500. The van der Waals surface area contributed by atoms with Gasteiger partial charge in [0.15, 0.2) is 15.8 Å². The van der Waals surface area contributed by atoms with Crippen LogP contribution < -0.4 is 11.1 Å². The number of thioether (sulfide) groups is 1. The van der Waals surface area contributed by atoms with Crippen LogP contribution in [0.3, 0.4) is 0 Å². The van der Waals surface area contributed by atoms with Crippen molar-refractivity contribution < 1.29 is 10.2 Å². The molecule has 152 valence electrons. The zero-order chi connectivity index (χ0) is 20.7. The van der Waals surface area contributed by atoms with Gasteiger partial charge in [0.2, 0.25) is 5.88 Å². The van der Waals surface area contributed by atoms with Crippen LogP contribution in [0.2, 0.25) is 0 Å². The van der Waals surface area contributed by atoms with E-state index in [1.165, 1.54) is 24.6 Å². The first kappa shape index (κ1) is 25.4. The van der Waals surface area contributed by atoms with E-state index in [4.69, 9.17) is 10.2 Å². The van der Waals surface area contributed by atoms with E-state index in [0.29, 0.717) is 5.16 Å². The number of aromatic nitrogens is 4. The zero-order valence-electron chi connectivity index (χ0n) is 15.2. The number of aromatic hydroxyl groups is 2. The Morgan fingerprint density at radius 2 is 1.70 bits per heavy atom. The number of alkyl halides is 1. The molecule has 0 atom stereocenters. The summed E-state index contributed by atoms with van der Waals surface area (Å²) in [6.07, 6.45) is 4.78. The molecule has 0 aromatic carbocycles. The zero-order valence-corrected chi connectivity index (χ0v) is 18.5. The highest BCUT2D eigenvalue weighted by atomic mass is 79.9. The number of unbranched alkanes of at least 4 members (excludes halogenated alkanes) is 2. The van der Waals surface area contributed by atoms with Gasteiger partial charge in [0.25, 0.3) is 11.1 Å². The molecule has 0 radical (unpaired) electrons. The molecule has 2 aromatic rings. The maximum Gasteiger partial charge on any atom is 0.255 e. The van der Waals surface area contributed by atoms with E-state index in [1.54, 1.807) is 0 Å². The molecule has 0 bridgehead atoms.